The summed E-state index contributed by atoms with van der Waals surface area (Å²) in [6.07, 6.45) is 0. The van der Waals surface area contributed by atoms with E-state index in [-0.39, 0.29) is 11.5 Å². The molecule has 0 heterocycles. The molecular formula is C17H17IN2O4S. The topological polar surface area (TPSA) is 84.8 Å². The molecule has 0 saturated heterocycles. The molecular weight excluding hydrogens is 455 g/mol. The van der Waals surface area contributed by atoms with Gasteiger partial charge in [-0.15, -0.1) is 0 Å². The van der Waals surface area contributed by atoms with Gasteiger partial charge in [-0.05, 0) is 60.7 Å². The van der Waals surface area contributed by atoms with Crippen LogP contribution in [0.5, 0.6) is 0 Å². The van der Waals surface area contributed by atoms with Crippen molar-refractivity contribution in [2.24, 2.45) is 5.10 Å². The van der Waals surface area contributed by atoms with E-state index in [1.165, 1.54) is 12.1 Å². The first-order valence-corrected chi connectivity index (χ1v) is 9.99. The third-order valence-electron chi connectivity index (χ3n) is 3.19. The minimum absolute atomic E-state index is 0.0190. The van der Waals surface area contributed by atoms with Gasteiger partial charge in [0, 0.05) is 3.57 Å². The number of rotatable bonds is 4. The number of benzene rings is 2. The molecule has 0 amide bonds. The van der Waals surface area contributed by atoms with E-state index in [0.29, 0.717) is 5.69 Å². The van der Waals surface area contributed by atoms with E-state index in [0.717, 1.165) is 9.13 Å². The van der Waals surface area contributed by atoms with Gasteiger partial charge >= 0.3 is 5.97 Å². The van der Waals surface area contributed by atoms with E-state index in [1.54, 1.807) is 31.2 Å². The van der Waals surface area contributed by atoms with Gasteiger partial charge in [0.15, 0.2) is 0 Å². The summed E-state index contributed by atoms with van der Waals surface area (Å²) in [6, 6.07) is 13.4. The molecule has 0 aliphatic carbocycles. The van der Waals surface area contributed by atoms with Crippen LogP contribution < -0.4 is 5.43 Å². The highest BCUT2D eigenvalue weighted by Gasteiger charge is 2.31. The molecule has 0 spiro atoms. The van der Waals surface area contributed by atoms with Crippen LogP contribution in [0.2, 0.25) is 0 Å². The molecule has 0 fully saturated rings. The van der Waals surface area contributed by atoms with Crippen LogP contribution >= 0.6 is 22.6 Å². The molecule has 6 nitrogen and oxygen atoms in total. The first-order valence-electron chi connectivity index (χ1n) is 7.43. The number of sulfone groups is 1. The average Bonchev–Trinajstić information content (AvgIpc) is 2.57. The van der Waals surface area contributed by atoms with Gasteiger partial charge < -0.3 is 4.74 Å². The molecule has 2 aromatic carbocycles. The molecule has 0 aliphatic rings. The number of nitrogens with zero attached hydrogens (tertiary/aromatic N) is 1. The van der Waals surface area contributed by atoms with Crippen LogP contribution in [0.25, 0.3) is 0 Å². The first-order chi connectivity index (χ1) is 11.9. The summed E-state index contributed by atoms with van der Waals surface area (Å²) in [5.74, 6) is -0.999. The number of ether oxygens (including phenoxy) is 1. The molecule has 0 radical (unpaired) electrons. The Morgan fingerprint density at radius 3 is 2.40 bits per heavy atom. The van der Waals surface area contributed by atoms with Crippen LogP contribution in [0.1, 0.15) is 12.5 Å². The summed E-state index contributed by atoms with van der Waals surface area (Å²) in [4.78, 5) is 12.1. The van der Waals surface area contributed by atoms with E-state index in [2.05, 4.69) is 33.1 Å². The molecule has 1 N–H and O–H groups in total. The number of hydrazone groups is 1. The van der Waals surface area contributed by atoms with Gasteiger partial charge in [-0.3, -0.25) is 5.43 Å². The smallest absolute Gasteiger partial charge is 0.371 e. The summed E-state index contributed by atoms with van der Waals surface area (Å²) < 4.78 is 31.3. The van der Waals surface area contributed by atoms with Crippen molar-refractivity contribution in [3.63, 3.8) is 0 Å². The lowest BCUT2D eigenvalue weighted by Crippen LogP contribution is -2.28. The fourth-order valence-electron chi connectivity index (χ4n) is 1.90. The number of para-hydroxylation sites is 1. The maximum absolute atomic E-state index is 12.8. The Hall–Kier alpha value is -1.94. The van der Waals surface area contributed by atoms with E-state index < -0.39 is 20.9 Å². The van der Waals surface area contributed by atoms with Crippen LogP contribution in [0, 0.1) is 10.5 Å². The number of anilines is 1. The highest BCUT2D eigenvalue weighted by atomic mass is 127. The van der Waals surface area contributed by atoms with Gasteiger partial charge in [0.05, 0.1) is 17.2 Å². The van der Waals surface area contributed by atoms with Crippen molar-refractivity contribution in [2.75, 3.05) is 12.0 Å². The minimum Gasteiger partial charge on any atom is -0.461 e. The molecule has 0 aliphatic heterocycles. The molecule has 2 aromatic rings. The SMILES string of the molecule is CCOC(=O)/C(=N/Nc1ccccc1I)S(=O)(=O)c1ccc(C)cc1. The van der Waals surface area contributed by atoms with Gasteiger partial charge in [-0.2, -0.15) is 5.10 Å². The number of halogens is 1. The predicted octanol–water partition coefficient (Wildman–Crippen LogP) is 3.36. The van der Waals surface area contributed by atoms with E-state index >= 15 is 0 Å². The zero-order valence-corrected chi connectivity index (χ0v) is 16.7. The van der Waals surface area contributed by atoms with Gasteiger partial charge in [0.25, 0.3) is 5.04 Å². The normalized spacial score (nSPS) is 11.9. The lowest BCUT2D eigenvalue weighted by atomic mass is 10.2. The van der Waals surface area contributed by atoms with Crippen LogP contribution in [-0.2, 0) is 19.4 Å². The van der Waals surface area contributed by atoms with E-state index in [9.17, 15) is 13.2 Å². The molecule has 132 valence electrons. The molecule has 0 unspecified atom stereocenters. The highest BCUT2D eigenvalue weighted by Crippen LogP contribution is 2.19. The Bertz CT molecular complexity index is 893. The number of esters is 1. The fourth-order valence-corrected chi connectivity index (χ4v) is 3.57. The Balaban J connectivity index is 2.45. The Kier molecular flexibility index (Phi) is 6.54. The van der Waals surface area contributed by atoms with Crippen molar-refractivity contribution in [1.29, 1.82) is 0 Å². The van der Waals surface area contributed by atoms with Crippen molar-refractivity contribution in [3.05, 3.63) is 57.7 Å². The van der Waals surface area contributed by atoms with Crippen molar-refractivity contribution in [1.82, 2.24) is 0 Å². The zero-order valence-electron chi connectivity index (χ0n) is 13.7. The second-order valence-electron chi connectivity index (χ2n) is 5.05. The van der Waals surface area contributed by atoms with Gasteiger partial charge in [0.1, 0.15) is 0 Å². The highest BCUT2D eigenvalue weighted by molar-refractivity contribution is 14.1. The molecule has 0 bridgehead atoms. The molecule has 0 saturated carbocycles. The van der Waals surface area contributed by atoms with E-state index in [1.807, 2.05) is 19.1 Å². The van der Waals surface area contributed by atoms with Crippen LogP contribution in [0.15, 0.2) is 58.5 Å². The maximum atomic E-state index is 12.8. The number of nitrogens with one attached hydrogen (secondary N) is 1. The Morgan fingerprint density at radius 2 is 1.80 bits per heavy atom. The summed E-state index contributed by atoms with van der Waals surface area (Å²) in [7, 11) is -4.11. The summed E-state index contributed by atoms with van der Waals surface area (Å²) >= 11 is 2.08. The third-order valence-corrected chi connectivity index (χ3v) is 5.79. The minimum atomic E-state index is -4.11. The average molecular weight is 472 g/mol. The van der Waals surface area contributed by atoms with Crippen molar-refractivity contribution >= 4 is 49.1 Å². The van der Waals surface area contributed by atoms with E-state index in [4.69, 9.17) is 4.74 Å². The van der Waals surface area contributed by atoms with Crippen LogP contribution in [0.3, 0.4) is 0 Å². The van der Waals surface area contributed by atoms with Gasteiger partial charge in [0.2, 0.25) is 9.84 Å². The number of carbonyl (C=O) groups excluding carboxylic acids is 1. The standard InChI is InChI=1S/C17H17IN2O4S/c1-3-24-17(21)16(20-19-15-7-5-4-6-14(15)18)25(22,23)13-10-8-12(2)9-11-13/h4-11,19H,3H2,1-2H3/b20-16-. The predicted molar refractivity (Wildman–Crippen MR) is 105 cm³/mol. The van der Waals surface area contributed by atoms with Crippen LogP contribution in [0.4, 0.5) is 5.69 Å². The second-order valence-corrected chi connectivity index (χ2v) is 8.07. The Morgan fingerprint density at radius 1 is 1.16 bits per heavy atom. The maximum Gasteiger partial charge on any atom is 0.371 e. The molecule has 8 heteroatoms. The van der Waals surface area contributed by atoms with Crippen LogP contribution in [-0.4, -0.2) is 26.0 Å². The van der Waals surface area contributed by atoms with Gasteiger partial charge in [-0.25, -0.2) is 13.2 Å². The molecule has 0 atom stereocenters. The molecule has 0 aromatic heterocycles. The lowest BCUT2D eigenvalue weighted by molar-refractivity contribution is -0.134. The quantitative estimate of drug-likeness (QED) is 0.243. The molecule has 25 heavy (non-hydrogen) atoms. The largest absolute Gasteiger partial charge is 0.461 e. The van der Waals surface area contributed by atoms with Crippen molar-refractivity contribution < 1.29 is 17.9 Å². The molecule has 2 rings (SSSR count). The summed E-state index contributed by atoms with van der Waals surface area (Å²) in [5.41, 5.74) is 4.14. The number of aryl methyl sites for hydroxylation is 1. The fraction of sp³-hybridized carbons (Fsp3) is 0.176. The summed E-state index contributed by atoms with van der Waals surface area (Å²) in [5, 5.41) is 3.16. The number of hydrogen-bond donors (Lipinski definition) is 1. The van der Waals surface area contributed by atoms with Crippen molar-refractivity contribution in [2.45, 2.75) is 18.7 Å². The number of hydrogen-bond acceptors (Lipinski definition) is 6. The Labute approximate surface area is 160 Å². The summed E-state index contributed by atoms with van der Waals surface area (Å²) in [6.45, 7) is 3.49. The lowest BCUT2D eigenvalue weighted by Gasteiger charge is -2.09. The third kappa shape index (κ3) is 4.79. The van der Waals surface area contributed by atoms with Gasteiger partial charge in [-0.1, -0.05) is 29.8 Å². The zero-order chi connectivity index (χ0) is 18.4. The van der Waals surface area contributed by atoms with Crippen molar-refractivity contribution in [3.8, 4) is 0 Å². The second kappa shape index (κ2) is 8.43. The monoisotopic (exact) mass is 472 g/mol. The first kappa shape index (κ1) is 19.4. The number of carbonyl (C=O) groups is 1.